The SMILES string of the molecule is O=C(Nc1ccc(F)cc1)C1CC2CCCCC2N1C(=O)c1ccccc1. The van der Waals surface area contributed by atoms with Gasteiger partial charge in [-0.2, -0.15) is 0 Å². The lowest BCUT2D eigenvalue weighted by Gasteiger charge is -2.33. The highest BCUT2D eigenvalue weighted by Crippen LogP contribution is 2.40. The van der Waals surface area contributed by atoms with Crippen LogP contribution in [0, 0.1) is 11.7 Å². The van der Waals surface area contributed by atoms with Crippen LogP contribution in [-0.4, -0.2) is 28.8 Å². The van der Waals surface area contributed by atoms with Crippen LogP contribution in [0.15, 0.2) is 54.6 Å². The van der Waals surface area contributed by atoms with E-state index in [1.165, 1.54) is 12.1 Å². The van der Waals surface area contributed by atoms with E-state index < -0.39 is 6.04 Å². The molecule has 2 aliphatic rings. The highest BCUT2D eigenvalue weighted by Gasteiger charge is 2.47. The molecule has 3 atom stereocenters. The molecule has 0 radical (unpaired) electrons. The Morgan fingerprint density at radius 1 is 0.963 bits per heavy atom. The zero-order valence-corrected chi connectivity index (χ0v) is 15.1. The van der Waals surface area contributed by atoms with Gasteiger partial charge in [0.15, 0.2) is 0 Å². The molecule has 2 aromatic carbocycles. The second-order valence-corrected chi connectivity index (χ2v) is 7.44. The predicted octanol–water partition coefficient (Wildman–Crippen LogP) is 4.24. The summed E-state index contributed by atoms with van der Waals surface area (Å²) in [5.74, 6) is -0.249. The van der Waals surface area contributed by atoms with Crippen molar-refractivity contribution >= 4 is 17.5 Å². The fourth-order valence-electron chi connectivity index (χ4n) is 4.47. The molecule has 27 heavy (non-hydrogen) atoms. The van der Waals surface area contributed by atoms with E-state index in [4.69, 9.17) is 0 Å². The first-order valence-corrected chi connectivity index (χ1v) is 9.57. The van der Waals surface area contributed by atoms with Crippen molar-refractivity contribution < 1.29 is 14.0 Å². The van der Waals surface area contributed by atoms with Crippen LogP contribution in [0.3, 0.4) is 0 Å². The number of rotatable bonds is 3. The number of hydrogen-bond donors (Lipinski definition) is 1. The number of fused-ring (bicyclic) bond motifs is 1. The number of carbonyl (C=O) groups is 2. The first-order valence-electron chi connectivity index (χ1n) is 9.57. The highest BCUT2D eigenvalue weighted by molar-refractivity contribution is 6.01. The normalized spacial score (nSPS) is 24.3. The number of nitrogens with one attached hydrogen (secondary N) is 1. The summed E-state index contributed by atoms with van der Waals surface area (Å²) in [6.07, 6.45) is 4.94. The van der Waals surface area contributed by atoms with Gasteiger partial charge in [-0.15, -0.1) is 0 Å². The maximum absolute atomic E-state index is 13.2. The molecule has 1 aliphatic heterocycles. The maximum Gasteiger partial charge on any atom is 0.254 e. The first kappa shape index (κ1) is 17.7. The molecule has 140 valence electrons. The van der Waals surface area contributed by atoms with E-state index in [1.54, 1.807) is 29.2 Å². The van der Waals surface area contributed by atoms with Crippen molar-refractivity contribution in [3.05, 3.63) is 66.0 Å². The summed E-state index contributed by atoms with van der Waals surface area (Å²) in [5.41, 5.74) is 1.16. The summed E-state index contributed by atoms with van der Waals surface area (Å²) in [7, 11) is 0. The lowest BCUT2D eigenvalue weighted by atomic mass is 9.84. The van der Waals surface area contributed by atoms with Crippen molar-refractivity contribution in [2.45, 2.75) is 44.2 Å². The number of hydrogen-bond acceptors (Lipinski definition) is 2. The van der Waals surface area contributed by atoms with E-state index in [2.05, 4.69) is 5.32 Å². The second-order valence-electron chi connectivity index (χ2n) is 7.44. The molecular weight excluding hydrogens is 343 g/mol. The van der Waals surface area contributed by atoms with Crippen molar-refractivity contribution in [2.75, 3.05) is 5.32 Å². The molecule has 3 unspecified atom stereocenters. The Morgan fingerprint density at radius 3 is 2.41 bits per heavy atom. The third kappa shape index (κ3) is 3.59. The smallest absolute Gasteiger partial charge is 0.254 e. The van der Waals surface area contributed by atoms with Crippen molar-refractivity contribution in [1.82, 2.24) is 4.90 Å². The molecule has 1 heterocycles. The minimum atomic E-state index is -0.490. The topological polar surface area (TPSA) is 49.4 Å². The molecule has 1 aliphatic carbocycles. The zero-order valence-electron chi connectivity index (χ0n) is 15.1. The standard InChI is InChI=1S/C22H23FN2O2/c23-17-10-12-18(13-11-17)24-21(26)20-14-16-8-4-5-9-19(16)25(20)22(27)15-6-2-1-3-7-15/h1-3,6-7,10-13,16,19-20H,4-5,8-9,14H2,(H,24,26). The Bertz CT molecular complexity index is 822. The maximum atomic E-state index is 13.2. The van der Waals surface area contributed by atoms with Gasteiger partial charge in [0.2, 0.25) is 5.91 Å². The zero-order chi connectivity index (χ0) is 18.8. The third-order valence-electron chi connectivity index (χ3n) is 5.76. The number of nitrogens with zero attached hydrogens (tertiary/aromatic N) is 1. The molecule has 0 aromatic heterocycles. The number of benzene rings is 2. The summed E-state index contributed by atoms with van der Waals surface area (Å²) in [4.78, 5) is 28.0. The summed E-state index contributed by atoms with van der Waals surface area (Å²) in [6.45, 7) is 0. The molecule has 1 saturated heterocycles. The lowest BCUT2D eigenvalue weighted by molar-refractivity contribution is -0.120. The van der Waals surface area contributed by atoms with Crippen LogP contribution in [0.5, 0.6) is 0 Å². The second kappa shape index (κ2) is 7.51. The van der Waals surface area contributed by atoms with E-state index >= 15 is 0 Å². The average Bonchev–Trinajstić information content (AvgIpc) is 3.09. The quantitative estimate of drug-likeness (QED) is 0.883. The molecule has 2 fully saturated rings. The number of halogens is 1. The average molecular weight is 366 g/mol. The number of carbonyl (C=O) groups excluding carboxylic acids is 2. The fourth-order valence-corrected chi connectivity index (χ4v) is 4.47. The highest BCUT2D eigenvalue weighted by atomic mass is 19.1. The van der Waals surface area contributed by atoms with E-state index in [9.17, 15) is 14.0 Å². The van der Waals surface area contributed by atoms with E-state index in [0.29, 0.717) is 23.6 Å². The van der Waals surface area contributed by atoms with Crippen molar-refractivity contribution in [1.29, 1.82) is 0 Å². The Hall–Kier alpha value is -2.69. The van der Waals surface area contributed by atoms with Crippen molar-refractivity contribution in [2.24, 2.45) is 5.92 Å². The van der Waals surface area contributed by atoms with Gasteiger partial charge in [-0.1, -0.05) is 31.0 Å². The van der Waals surface area contributed by atoms with Gasteiger partial charge < -0.3 is 10.2 Å². The minimum absolute atomic E-state index is 0.0794. The summed E-state index contributed by atoms with van der Waals surface area (Å²) < 4.78 is 13.1. The summed E-state index contributed by atoms with van der Waals surface area (Å²) >= 11 is 0. The largest absolute Gasteiger partial charge is 0.324 e. The third-order valence-corrected chi connectivity index (χ3v) is 5.76. The molecule has 0 spiro atoms. The van der Waals surface area contributed by atoms with E-state index in [-0.39, 0.29) is 23.7 Å². The lowest BCUT2D eigenvalue weighted by Crippen LogP contribution is -2.47. The van der Waals surface area contributed by atoms with Gasteiger partial charge in [0.25, 0.3) is 5.91 Å². The molecule has 4 rings (SSSR count). The Kier molecular flexibility index (Phi) is 4.92. The van der Waals surface area contributed by atoms with Crippen LogP contribution in [0.25, 0.3) is 0 Å². The van der Waals surface area contributed by atoms with Crippen molar-refractivity contribution in [3.8, 4) is 0 Å². The molecule has 2 aromatic rings. The van der Waals surface area contributed by atoms with E-state index in [1.807, 2.05) is 18.2 Å². The Morgan fingerprint density at radius 2 is 1.67 bits per heavy atom. The number of anilines is 1. The van der Waals surface area contributed by atoms with Gasteiger partial charge in [-0.3, -0.25) is 9.59 Å². The van der Waals surface area contributed by atoms with Crippen molar-refractivity contribution in [3.63, 3.8) is 0 Å². The predicted molar refractivity (Wildman–Crippen MR) is 102 cm³/mol. The molecule has 4 nitrogen and oxygen atoms in total. The molecule has 2 amide bonds. The van der Waals surface area contributed by atoms with Gasteiger partial charge >= 0.3 is 0 Å². The monoisotopic (exact) mass is 366 g/mol. The number of likely N-dealkylation sites (tertiary alicyclic amines) is 1. The van der Waals surface area contributed by atoms with Crippen LogP contribution in [0.1, 0.15) is 42.5 Å². The molecular formula is C22H23FN2O2. The van der Waals surface area contributed by atoms with Gasteiger partial charge in [0, 0.05) is 17.3 Å². The molecule has 5 heteroatoms. The molecule has 1 N–H and O–H groups in total. The van der Waals surface area contributed by atoms with E-state index in [0.717, 1.165) is 25.7 Å². The Balaban J connectivity index is 1.59. The molecule has 0 bridgehead atoms. The van der Waals surface area contributed by atoms with Crippen LogP contribution < -0.4 is 5.32 Å². The number of amides is 2. The molecule has 1 saturated carbocycles. The summed E-state index contributed by atoms with van der Waals surface area (Å²) in [6, 6.07) is 14.5. The first-order chi connectivity index (χ1) is 13.1. The van der Waals surface area contributed by atoms with Crippen LogP contribution in [0.4, 0.5) is 10.1 Å². The Labute approximate surface area is 158 Å². The van der Waals surface area contributed by atoms with Crippen LogP contribution in [-0.2, 0) is 4.79 Å². The fraction of sp³-hybridized carbons (Fsp3) is 0.364. The van der Waals surface area contributed by atoms with Gasteiger partial charge in [0.1, 0.15) is 11.9 Å². The minimum Gasteiger partial charge on any atom is -0.324 e. The van der Waals surface area contributed by atoms with Crippen LogP contribution in [0.2, 0.25) is 0 Å². The summed E-state index contributed by atoms with van der Waals surface area (Å²) in [5, 5.41) is 2.86. The van der Waals surface area contributed by atoms with Gasteiger partial charge in [0.05, 0.1) is 0 Å². The van der Waals surface area contributed by atoms with Crippen LogP contribution >= 0.6 is 0 Å². The van der Waals surface area contributed by atoms with Gasteiger partial charge in [-0.05, 0) is 61.6 Å². The van der Waals surface area contributed by atoms with Gasteiger partial charge in [-0.25, -0.2) is 4.39 Å².